The van der Waals surface area contributed by atoms with E-state index in [1.54, 1.807) is 25.3 Å². The second-order valence-electron chi connectivity index (χ2n) is 4.44. The zero-order valence-corrected chi connectivity index (χ0v) is 13.8. The minimum absolute atomic E-state index is 0.0927. The third-order valence-electron chi connectivity index (χ3n) is 2.99. The molecule has 1 aromatic carbocycles. The summed E-state index contributed by atoms with van der Waals surface area (Å²) in [6.07, 6.45) is 2.22. The number of rotatable bonds is 7. The third-order valence-corrected chi connectivity index (χ3v) is 3.86. The molecule has 2 N–H and O–H groups in total. The molecule has 23 heavy (non-hydrogen) atoms. The van der Waals surface area contributed by atoms with Crippen molar-refractivity contribution < 1.29 is 19.4 Å². The summed E-state index contributed by atoms with van der Waals surface area (Å²) in [5.41, 5.74) is 0.629. The fourth-order valence-electron chi connectivity index (χ4n) is 1.79. The third kappa shape index (κ3) is 4.26. The van der Waals surface area contributed by atoms with Crippen molar-refractivity contribution >= 4 is 23.8 Å². The van der Waals surface area contributed by atoms with Crippen molar-refractivity contribution in [1.29, 1.82) is 0 Å². The second-order valence-corrected chi connectivity index (χ2v) is 5.45. The van der Waals surface area contributed by atoms with Crippen LogP contribution in [0.2, 0.25) is 0 Å². The fourth-order valence-corrected chi connectivity index (χ4v) is 2.51. The van der Waals surface area contributed by atoms with Crippen molar-refractivity contribution in [2.45, 2.75) is 18.5 Å². The number of aryl methyl sites for hydroxylation is 1. The molecular formula is C15H17N3O4S. The molecule has 122 valence electrons. The topological polar surface area (TPSA) is 97.3 Å². The van der Waals surface area contributed by atoms with Crippen LogP contribution < -0.4 is 9.47 Å². The predicted molar refractivity (Wildman–Crippen MR) is 86.8 cm³/mol. The van der Waals surface area contributed by atoms with Crippen molar-refractivity contribution in [2.24, 2.45) is 0 Å². The predicted octanol–water partition coefficient (Wildman–Crippen LogP) is 2.60. The number of methoxy groups -OCH3 is 2. The van der Waals surface area contributed by atoms with Crippen molar-refractivity contribution in [3.63, 3.8) is 0 Å². The van der Waals surface area contributed by atoms with Crippen LogP contribution in [0, 0.1) is 0 Å². The number of aliphatic carboxylic acids is 1. The summed E-state index contributed by atoms with van der Waals surface area (Å²) in [6.45, 7) is 1.94. The molecule has 7 nitrogen and oxygen atoms in total. The van der Waals surface area contributed by atoms with E-state index in [-0.39, 0.29) is 4.91 Å². The van der Waals surface area contributed by atoms with Crippen LogP contribution in [0.15, 0.2) is 28.3 Å². The molecule has 0 radical (unpaired) electrons. The number of aromatic amines is 1. The van der Waals surface area contributed by atoms with E-state index in [9.17, 15) is 9.90 Å². The highest BCUT2D eigenvalue weighted by molar-refractivity contribution is 8.04. The largest absolute Gasteiger partial charge is 0.497 e. The summed E-state index contributed by atoms with van der Waals surface area (Å²) >= 11 is 0.978. The number of nitrogens with one attached hydrogen (secondary N) is 1. The minimum Gasteiger partial charge on any atom is -0.497 e. The standard InChI is InChI=1S/C15H17N3O4S/c1-4-13-16-15(18-17-13)23-12(14(19)20)7-9-5-6-10(21-2)8-11(9)22-3/h5-8H,4H2,1-3H3,(H,19,20)(H,16,17,18)/b12-7-. The van der Waals surface area contributed by atoms with Crippen molar-refractivity contribution in [3.05, 3.63) is 34.5 Å². The molecule has 1 aromatic heterocycles. The van der Waals surface area contributed by atoms with Gasteiger partial charge in [0.15, 0.2) is 0 Å². The molecule has 0 spiro atoms. The molecule has 8 heteroatoms. The van der Waals surface area contributed by atoms with Gasteiger partial charge < -0.3 is 14.6 Å². The van der Waals surface area contributed by atoms with Crippen LogP contribution in [0.3, 0.4) is 0 Å². The van der Waals surface area contributed by atoms with Gasteiger partial charge in [-0.1, -0.05) is 6.92 Å². The van der Waals surface area contributed by atoms with Gasteiger partial charge in [-0.3, -0.25) is 5.10 Å². The molecule has 0 amide bonds. The second kappa shape index (κ2) is 7.68. The molecule has 0 fully saturated rings. The van der Waals surface area contributed by atoms with Crippen LogP contribution in [0.5, 0.6) is 11.5 Å². The molecule has 0 atom stereocenters. The van der Waals surface area contributed by atoms with Gasteiger partial charge in [0.25, 0.3) is 0 Å². The van der Waals surface area contributed by atoms with Gasteiger partial charge in [0.2, 0.25) is 5.16 Å². The van der Waals surface area contributed by atoms with E-state index in [4.69, 9.17) is 9.47 Å². The molecule has 1 heterocycles. The van der Waals surface area contributed by atoms with E-state index in [1.165, 1.54) is 13.2 Å². The SMILES string of the molecule is CCc1nc(S/C(=C\c2ccc(OC)cc2OC)C(=O)O)n[nH]1. The van der Waals surface area contributed by atoms with Crippen LogP contribution in [-0.2, 0) is 11.2 Å². The highest BCUT2D eigenvalue weighted by Crippen LogP contribution is 2.31. The van der Waals surface area contributed by atoms with E-state index in [0.29, 0.717) is 34.5 Å². The van der Waals surface area contributed by atoms with Gasteiger partial charge >= 0.3 is 5.97 Å². The maximum absolute atomic E-state index is 11.5. The summed E-state index contributed by atoms with van der Waals surface area (Å²) in [7, 11) is 3.07. The van der Waals surface area contributed by atoms with E-state index in [1.807, 2.05) is 6.92 Å². The molecule has 0 aliphatic carbocycles. The average molecular weight is 335 g/mol. The van der Waals surface area contributed by atoms with Gasteiger partial charge in [-0.05, 0) is 30.0 Å². The first-order chi connectivity index (χ1) is 11.1. The van der Waals surface area contributed by atoms with Gasteiger partial charge in [0.1, 0.15) is 22.2 Å². The number of hydrogen-bond donors (Lipinski definition) is 2. The number of hydrogen-bond acceptors (Lipinski definition) is 6. The first-order valence-electron chi connectivity index (χ1n) is 6.83. The smallest absolute Gasteiger partial charge is 0.342 e. The maximum atomic E-state index is 11.5. The number of carbonyl (C=O) groups is 1. The summed E-state index contributed by atoms with van der Waals surface area (Å²) in [4.78, 5) is 15.8. The fraction of sp³-hybridized carbons (Fsp3) is 0.267. The Labute approximate surface area is 137 Å². The molecule has 0 unspecified atom stereocenters. The molecule has 0 aliphatic rings. The summed E-state index contributed by atoms with van der Waals surface area (Å²) in [5.74, 6) is 0.799. The van der Waals surface area contributed by atoms with Crippen LogP contribution in [0.4, 0.5) is 0 Å². The van der Waals surface area contributed by atoms with Crippen LogP contribution >= 0.6 is 11.8 Å². The molecule has 0 saturated heterocycles. The Hall–Kier alpha value is -2.48. The lowest BCUT2D eigenvalue weighted by Gasteiger charge is -2.08. The van der Waals surface area contributed by atoms with Crippen LogP contribution in [-0.4, -0.2) is 40.5 Å². The van der Waals surface area contributed by atoms with Crippen molar-refractivity contribution in [1.82, 2.24) is 15.2 Å². The number of carboxylic acid groups (broad SMARTS) is 1. The number of thioether (sulfide) groups is 1. The van der Waals surface area contributed by atoms with E-state index >= 15 is 0 Å². The molecule has 2 aromatic rings. The normalized spacial score (nSPS) is 11.3. The Kier molecular flexibility index (Phi) is 5.64. The summed E-state index contributed by atoms with van der Waals surface area (Å²) in [6, 6.07) is 5.16. The Bertz CT molecular complexity index is 727. The lowest BCUT2D eigenvalue weighted by atomic mass is 10.1. The lowest BCUT2D eigenvalue weighted by Crippen LogP contribution is -1.98. The maximum Gasteiger partial charge on any atom is 0.342 e. The Morgan fingerprint density at radius 3 is 2.74 bits per heavy atom. The highest BCUT2D eigenvalue weighted by atomic mass is 32.2. The first kappa shape index (κ1) is 16.9. The van der Waals surface area contributed by atoms with E-state index in [0.717, 1.165) is 11.8 Å². The molecule has 0 saturated carbocycles. The van der Waals surface area contributed by atoms with Gasteiger partial charge in [-0.2, -0.15) is 0 Å². The number of H-pyrrole nitrogens is 1. The molecule has 0 aliphatic heterocycles. The Morgan fingerprint density at radius 2 is 2.17 bits per heavy atom. The lowest BCUT2D eigenvalue weighted by molar-refractivity contribution is -0.131. The monoisotopic (exact) mass is 335 g/mol. The van der Waals surface area contributed by atoms with Crippen molar-refractivity contribution in [2.75, 3.05) is 14.2 Å². The zero-order chi connectivity index (χ0) is 16.8. The number of aromatic nitrogens is 3. The van der Waals surface area contributed by atoms with E-state index in [2.05, 4.69) is 15.2 Å². The van der Waals surface area contributed by atoms with Gasteiger partial charge in [0.05, 0.1) is 14.2 Å². The molecule has 2 rings (SSSR count). The zero-order valence-electron chi connectivity index (χ0n) is 13.0. The Balaban J connectivity index is 2.33. The van der Waals surface area contributed by atoms with Crippen LogP contribution in [0.25, 0.3) is 6.08 Å². The van der Waals surface area contributed by atoms with Crippen LogP contribution in [0.1, 0.15) is 18.3 Å². The summed E-state index contributed by atoms with van der Waals surface area (Å²) in [5, 5.41) is 16.5. The van der Waals surface area contributed by atoms with Crippen molar-refractivity contribution in [3.8, 4) is 11.5 Å². The molecular weight excluding hydrogens is 318 g/mol. The number of carboxylic acids is 1. The first-order valence-corrected chi connectivity index (χ1v) is 7.65. The Morgan fingerprint density at radius 1 is 1.39 bits per heavy atom. The summed E-state index contributed by atoms with van der Waals surface area (Å²) < 4.78 is 10.4. The number of benzene rings is 1. The molecule has 0 bridgehead atoms. The number of nitrogens with zero attached hydrogens (tertiary/aromatic N) is 2. The van der Waals surface area contributed by atoms with E-state index < -0.39 is 5.97 Å². The quantitative estimate of drug-likeness (QED) is 0.593. The average Bonchev–Trinajstić information content (AvgIpc) is 3.02. The van der Waals surface area contributed by atoms with Gasteiger partial charge in [-0.25, -0.2) is 9.78 Å². The highest BCUT2D eigenvalue weighted by Gasteiger charge is 2.15. The van der Waals surface area contributed by atoms with Gasteiger partial charge in [0, 0.05) is 18.1 Å². The van der Waals surface area contributed by atoms with Gasteiger partial charge in [-0.15, -0.1) is 5.10 Å². The minimum atomic E-state index is -1.06. The number of ether oxygens (including phenoxy) is 2.